The average Bonchev–Trinajstić information content (AvgIpc) is 2.02. The summed E-state index contributed by atoms with van der Waals surface area (Å²) in [5.74, 6) is 0.617. The van der Waals surface area contributed by atoms with Crippen LogP contribution in [0, 0.1) is 0 Å². The quantitative estimate of drug-likeness (QED) is 0.436. The van der Waals surface area contributed by atoms with Crippen molar-refractivity contribution in [3.63, 3.8) is 0 Å². The molecule has 0 amide bonds. The molecule has 0 aromatic rings. The molecule has 0 fully saturated rings. The van der Waals surface area contributed by atoms with Crippen LogP contribution in [0.3, 0.4) is 0 Å². The van der Waals surface area contributed by atoms with Gasteiger partial charge in [0.15, 0.2) is 7.28 Å². The van der Waals surface area contributed by atoms with E-state index < -0.39 is 0 Å². The third-order valence-corrected chi connectivity index (χ3v) is 1.45. The first-order valence-corrected chi connectivity index (χ1v) is 4.51. The first kappa shape index (κ1) is 11.3. The van der Waals surface area contributed by atoms with E-state index in [9.17, 15) is 0 Å². The highest BCUT2D eigenvalue weighted by atomic mass is 13.8. The Balaban J connectivity index is 4.01. The van der Waals surface area contributed by atoms with E-state index in [1.54, 1.807) is 0 Å². The molecule has 0 bridgehead atoms. The highest BCUT2D eigenvalue weighted by Crippen LogP contribution is 2.06. The minimum Gasteiger partial charge on any atom is -0.0939 e. The van der Waals surface area contributed by atoms with Gasteiger partial charge >= 0.3 is 0 Å². The Kier molecular flexibility index (Phi) is 6.55. The van der Waals surface area contributed by atoms with Gasteiger partial charge in [0, 0.05) is 0 Å². The van der Waals surface area contributed by atoms with Crippen LogP contribution in [-0.4, -0.2) is 7.28 Å². The molecule has 1 radical (unpaired) electrons. The van der Waals surface area contributed by atoms with Crippen molar-refractivity contribution in [2.45, 2.75) is 33.5 Å². The zero-order valence-electron chi connectivity index (χ0n) is 8.54. The lowest BCUT2D eigenvalue weighted by atomic mass is 9.60. The molecule has 0 aliphatic carbocycles. The number of rotatable bonds is 4. The minimum atomic E-state index is 0.617. The Morgan fingerprint density at radius 3 is 2.25 bits per heavy atom. The molecule has 0 unspecified atom stereocenters. The van der Waals surface area contributed by atoms with Gasteiger partial charge in [-0.2, -0.15) is 0 Å². The van der Waals surface area contributed by atoms with Crippen LogP contribution in [0.2, 0.25) is 5.82 Å². The highest BCUT2D eigenvalue weighted by Gasteiger charge is 1.97. The molecule has 0 nitrogen and oxygen atoms in total. The molecule has 0 heterocycles. The van der Waals surface area contributed by atoms with Gasteiger partial charge in [-0.25, -0.2) is 0 Å². The Morgan fingerprint density at radius 2 is 1.83 bits per heavy atom. The molecule has 0 saturated heterocycles. The molecule has 65 valence electrons. The largest absolute Gasteiger partial charge is 0.153 e. The maximum atomic E-state index is 2.25. The van der Waals surface area contributed by atoms with Gasteiger partial charge in [0.2, 0.25) is 0 Å². The van der Waals surface area contributed by atoms with Crippen LogP contribution in [0.5, 0.6) is 0 Å². The van der Waals surface area contributed by atoms with Crippen LogP contribution in [0.4, 0.5) is 0 Å². The van der Waals surface area contributed by atoms with Gasteiger partial charge in [0.1, 0.15) is 0 Å². The van der Waals surface area contributed by atoms with Crippen LogP contribution in [0.1, 0.15) is 27.7 Å². The van der Waals surface area contributed by atoms with E-state index in [4.69, 9.17) is 0 Å². The third kappa shape index (κ3) is 6.02. The zero-order chi connectivity index (χ0) is 9.40. The summed E-state index contributed by atoms with van der Waals surface area (Å²) >= 11 is 0. The minimum absolute atomic E-state index is 0.617. The molecule has 1 heteroatoms. The Labute approximate surface area is 77.3 Å². The number of allylic oxidation sites excluding steroid dienone is 6. The van der Waals surface area contributed by atoms with E-state index in [0.717, 1.165) is 0 Å². The number of hydrogen-bond donors (Lipinski definition) is 0. The van der Waals surface area contributed by atoms with Crippen LogP contribution in [-0.2, 0) is 0 Å². The van der Waals surface area contributed by atoms with Crippen molar-refractivity contribution >= 4 is 7.28 Å². The summed E-state index contributed by atoms with van der Waals surface area (Å²) in [6.45, 7) is 8.46. The van der Waals surface area contributed by atoms with Crippen LogP contribution in [0.25, 0.3) is 0 Å². The monoisotopic (exact) mass is 161 g/mol. The summed E-state index contributed by atoms with van der Waals surface area (Å²) < 4.78 is 0. The van der Waals surface area contributed by atoms with E-state index in [1.807, 2.05) is 19.1 Å². The fraction of sp³-hybridized carbons (Fsp3) is 0.455. The summed E-state index contributed by atoms with van der Waals surface area (Å²) in [6, 6.07) is 0. The molecule has 0 aliphatic heterocycles. The maximum absolute atomic E-state index is 2.25. The van der Waals surface area contributed by atoms with Crippen LogP contribution in [0.15, 0.2) is 35.9 Å². The molecule has 0 N–H and O–H groups in total. The molecule has 0 aromatic heterocycles. The van der Waals surface area contributed by atoms with Crippen molar-refractivity contribution < 1.29 is 0 Å². The number of hydrogen-bond acceptors (Lipinski definition) is 0. The van der Waals surface area contributed by atoms with Gasteiger partial charge in [0.25, 0.3) is 0 Å². The van der Waals surface area contributed by atoms with E-state index in [0.29, 0.717) is 5.82 Å². The second-order valence-corrected chi connectivity index (χ2v) is 3.08. The lowest BCUT2D eigenvalue weighted by Gasteiger charge is -2.01. The molecule has 0 rings (SSSR count). The Morgan fingerprint density at radius 1 is 1.17 bits per heavy atom. The maximum Gasteiger partial charge on any atom is 0.153 e. The third-order valence-electron chi connectivity index (χ3n) is 1.45. The summed E-state index contributed by atoms with van der Waals surface area (Å²) in [6.07, 6.45) is 10.4. The molecular formula is C11H18B. The van der Waals surface area contributed by atoms with Gasteiger partial charge in [-0.1, -0.05) is 55.5 Å². The first-order chi connectivity index (χ1) is 5.70. The fourth-order valence-electron chi connectivity index (χ4n) is 0.911. The highest BCUT2D eigenvalue weighted by molar-refractivity contribution is 6.47. The smallest absolute Gasteiger partial charge is 0.0939 e. The molecule has 12 heavy (non-hydrogen) atoms. The molecule has 0 saturated carbocycles. The van der Waals surface area contributed by atoms with Gasteiger partial charge in [0.05, 0.1) is 0 Å². The summed E-state index contributed by atoms with van der Waals surface area (Å²) in [7, 11) is 2.25. The molecule has 0 aliphatic rings. The Hall–Kier alpha value is -0.715. The molecule has 0 spiro atoms. The SMILES string of the molecule is C\C=C/C=C\C([B]C(C)C)=C/C. The van der Waals surface area contributed by atoms with Crippen LogP contribution >= 0.6 is 0 Å². The predicted octanol–water partition coefficient (Wildman–Crippen LogP) is 3.56. The van der Waals surface area contributed by atoms with Crippen molar-refractivity contribution in [1.82, 2.24) is 0 Å². The topological polar surface area (TPSA) is 0 Å². The zero-order valence-corrected chi connectivity index (χ0v) is 8.54. The van der Waals surface area contributed by atoms with E-state index in [1.165, 1.54) is 5.47 Å². The molecule has 0 atom stereocenters. The van der Waals surface area contributed by atoms with Crippen molar-refractivity contribution in [3.8, 4) is 0 Å². The second-order valence-electron chi connectivity index (χ2n) is 3.08. The summed E-state index contributed by atoms with van der Waals surface area (Å²) in [4.78, 5) is 0. The van der Waals surface area contributed by atoms with Crippen molar-refractivity contribution in [2.24, 2.45) is 0 Å². The lowest BCUT2D eigenvalue weighted by molar-refractivity contribution is 1.06. The normalized spacial score (nSPS) is 13.6. The van der Waals surface area contributed by atoms with Crippen molar-refractivity contribution in [3.05, 3.63) is 35.9 Å². The second kappa shape index (κ2) is 6.96. The van der Waals surface area contributed by atoms with Gasteiger partial charge in [-0.3, -0.25) is 0 Å². The fourth-order valence-corrected chi connectivity index (χ4v) is 0.911. The lowest BCUT2D eigenvalue weighted by Crippen LogP contribution is -1.97. The van der Waals surface area contributed by atoms with Gasteiger partial charge in [-0.05, 0) is 13.8 Å². The van der Waals surface area contributed by atoms with E-state index in [-0.39, 0.29) is 0 Å². The van der Waals surface area contributed by atoms with E-state index in [2.05, 4.69) is 46.3 Å². The molecule has 0 aromatic carbocycles. The van der Waals surface area contributed by atoms with Crippen LogP contribution < -0.4 is 0 Å². The van der Waals surface area contributed by atoms with Gasteiger partial charge in [-0.15, -0.1) is 0 Å². The Bertz CT molecular complexity index is 185. The standard InChI is InChI=1S/C11H18B/c1-5-7-8-9-11(6-2)12-10(3)4/h5-10H,1-4H3/b7-5-,9-8-,11-6+. The molecular weight excluding hydrogens is 143 g/mol. The first-order valence-electron chi connectivity index (χ1n) is 4.51. The van der Waals surface area contributed by atoms with Crippen molar-refractivity contribution in [1.29, 1.82) is 0 Å². The average molecular weight is 161 g/mol. The summed E-state index contributed by atoms with van der Waals surface area (Å²) in [5.41, 5.74) is 1.29. The van der Waals surface area contributed by atoms with Crippen molar-refractivity contribution in [2.75, 3.05) is 0 Å². The van der Waals surface area contributed by atoms with Gasteiger partial charge < -0.3 is 0 Å². The summed E-state index contributed by atoms with van der Waals surface area (Å²) in [5, 5.41) is 0. The predicted molar refractivity (Wildman–Crippen MR) is 58.6 cm³/mol. The van der Waals surface area contributed by atoms with E-state index >= 15 is 0 Å².